The SMILES string of the molecule is NNC(CSC1CCCCC1)c1ccc(F)cc1F. The van der Waals surface area contributed by atoms with Crippen molar-refractivity contribution >= 4 is 11.8 Å². The summed E-state index contributed by atoms with van der Waals surface area (Å²) in [5.74, 6) is 5.12. The van der Waals surface area contributed by atoms with Gasteiger partial charge >= 0.3 is 0 Å². The van der Waals surface area contributed by atoms with Gasteiger partial charge in [0, 0.05) is 22.6 Å². The fourth-order valence-corrected chi connectivity index (χ4v) is 3.88. The number of nitrogens with one attached hydrogen (secondary N) is 1. The first kappa shape index (κ1) is 14.8. The molecular weight excluding hydrogens is 266 g/mol. The monoisotopic (exact) mass is 286 g/mol. The fraction of sp³-hybridized carbons (Fsp3) is 0.571. The molecule has 1 aromatic carbocycles. The molecule has 1 aliphatic rings. The molecule has 0 spiro atoms. The maximum atomic E-state index is 13.7. The van der Waals surface area contributed by atoms with Crippen molar-refractivity contribution in [1.82, 2.24) is 5.43 Å². The lowest BCUT2D eigenvalue weighted by Crippen LogP contribution is -2.31. The van der Waals surface area contributed by atoms with E-state index in [1.807, 2.05) is 11.8 Å². The number of hydrogen-bond donors (Lipinski definition) is 2. The van der Waals surface area contributed by atoms with Crippen LogP contribution in [0, 0.1) is 11.6 Å². The van der Waals surface area contributed by atoms with Gasteiger partial charge in [-0.15, -0.1) is 0 Å². The van der Waals surface area contributed by atoms with Gasteiger partial charge in [0.15, 0.2) is 0 Å². The van der Waals surface area contributed by atoms with Crippen LogP contribution in [0.2, 0.25) is 0 Å². The van der Waals surface area contributed by atoms with Crippen LogP contribution in [0.4, 0.5) is 8.78 Å². The summed E-state index contributed by atoms with van der Waals surface area (Å²) in [4.78, 5) is 0. The van der Waals surface area contributed by atoms with E-state index in [9.17, 15) is 8.78 Å². The van der Waals surface area contributed by atoms with Gasteiger partial charge in [0.2, 0.25) is 0 Å². The predicted octanol–water partition coefficient (Wildman–Crippen LogP) is 3.54. The molecule has 106 valence electrons. The Morgan fingerprint density at radius 1 is 1.26 bits per heavy atom. The van der Waals surface area contributed by atoms with E-state index in [1.165, 1.54) is 44.2 Å². The lowest BCUT2D eigenvalue weighted by Gasteiger charge is -2.24. The van der Waals surface area contributed by atoms with Crippen molar-refractivity contribution in [1.29, 1.82) is 0 Å². The summed E-state index contributed by atoms with van der Waals surface area (Å²) >= 11 is 1.83. The first-order chi connectivity index (χ1) is 9.20. The predicted molar refractivity (Wildman–Crippen MR) is 75.8 cm³/mol. The highest BCUT2D eigenvalue weighted by molar-refractivity contribution is 7.99. The van der Waals surface area contributed by atoms with Crippen molar-refractivity contribution < 1.29 is 8.78 Å². The lowest BCUT2D eigenvalue weighted by atomic mass is 10.0. The summed E-state index contributed by atoms with van der Waals surface area (Å²) in [6.07, 6.45) is 6.34. The standard InChI is InChI=1S/C14H20F2N2S/c15-10-6-7-12(13(16)8-10)14(18-17)9-19-11-4-2-1-3-5-11/h6-8,11,14,18H,1-5,9,17H2. The Morgan fingerprint density at radius 2 is 2.00 bits per heavy atom. The molecule has 5 heteroatoms. The van der Waals surface area contributed by atoms with E-state index in [4.69, 9.17) is 5.84 Å². The van der Waals surface area contributed by atoms with Gasteiger partial charge in [-0.3, -0.25) is 11.3 Å². The van der Waals surface area contributed by atoms with Crippen LogP contribution < -0.4 is 11.3 Å². The molecule has 1 saturated carbocycles. The minimum atomic E-state index is -0.558. The van der Waals surface area contributed by atoms with Crippen molar-refractivity contribution in [2.24, 2.45) is 5.84 Å². The Hall–Kier alpha value is -0.650. The fourth-order valence-electron chi connectivity index (χ4n) is 2.48. The zero-order chi connectivity index (χ0) is 13.7. The highest BCUT2D eigenvalue weighted by atomic mass is 32.2. The van der Waals surface area contributed by atoms with Crippen molar-refractivity contribution in [3.8, 4) is 0 Å². The second-order valence-electron chi connectivity index (χ2n) is 4.98. The number of halogens is 2. The zero-order valence-corrected chi connectivity index (χ0v) is 11.7. The highest BCUT2D eigenvalue weighted by Crippen LogP contribution is 2.31. The van der Waals surface area contributed by atoms with E-state index in [2.05, 4.69) is 5.43 Å². The second kappa shape index (κ2) is 7.22. The third-order valence-corrected chi connectivity index (χ3v) is 5.06. The summed E-state index contributed by atoms with van der Waals surface area (Å²) < 4.78 is 26.6. The van der Waals surface area contributed by atoms with Crippen LogP contribution in [0.15, 0.2) is 18.2 Å². The first-order valence-electron chi connectivity index (χ1n) is 6.73. The minimum absolute atomic E-state index is 0.271. The molecule has 1 fully saturated rings. The molecular formula is C14H20F2N2S. The average Bonchev–Trinajstić information content (AvgIpc) is 2.42. The summed E-state index contributed by atoms with van der Waals surface area (Å²) in [7, 11) is 0. The molecule has 19 heavy (non-hydrogen) atoms. The number of hydrazine groups is 1. The Morgan fingerprint density at radius 3 is 2.63 bits per heavy atom. The van der Waals surface area contributed by atoms with Gasteiger partial charge in [-0.05, 0) is 18.9 Å². The molecule has 1 aromatic rings. The van der Waals surface area contributed by atoms with Crippen LogP contribution in [0.25, 0.3) is 0 Å². The third kappa shape index (κ3) is 4.16. The van der Waals surface area contributed by atoms with E-state index in [0.717, 1.165) is 6.07 Å². The number of benzene rings is 1. The van der Waals surface area contributed by atoms with E-state index in [1.54, 1.807) is 0 Å². The normalized spacial score (nSPS) is 18.5. The molecule has 0 amide bonds. The highest BCUT2D eigenvalue weighted by Gasteiger charge is 2.19. The Labute approximate surface area is 117 Å². The van der Waals surface area contributed by atoms with Crippen molar-refractivity contribution in [2.75, 3.05) is 5.75 Å². The topological polar surface area (TPSA) is 38.0 Å². The van der Waals surface area contributed by atoms with E-state index in [0.29, 0.717) is 16.6 Å². The minimum Gasteiger partial charge on any atom is -0.271 e. The molecule has 0 aliphatic heterocycles. The van der Waals surface area contributed by atoms with Crippen LogP contribution in [0.5, 0.6) is 0 Å². The summed E-state index contributed by atoms with van der Waals surface area (Å²) in [5.41, 5.74) is 3.07. The number of thioether (sulfide) groups is 1. The van der Waals surface area contributed by atoms with Gasteiger partial charge in [-0.1, -0.05) is 25.3 Å². The quantitative estimate of drug-likeness (QED) is 0.642. The molecule has 3 N–H and O–H groups in total. The smallest absolute Gasteiger partial charge is 0.130 e. The number of nitrogens with two attached hydrogens (primary N) is 1. The van der Waals surface area contributed by atoms with Crippen LogP contribution in [0.1, 0.15) is 43.7 Å². The maximum absolute atomic E-state index is 13.7. The zero-order valence-electron chi connectivity index (χ0n) is 10.9. The molecule has 0 aromatic heterocycles. The van der Waals surface area contributed by atoms with Crippen molar-refractivity contribution in [2.45, 2.75) is 43.4 Å². The Kier molecular flexibility index (Phi) is 5.60. The molecule has 1 unspecified atom stereocenters. The summed E-state index contributed by atoms with van der Waals surface area (Å²) in [5, 5.41) is 0.646. The average molecular weight is 286 g/mol. The summed E-state index contributed by atoms with van der Waals surface area (Å²) in [6, 6.07) is 3.38. The van der Waals surface area contributed by atoms with E-state index in [-0.39, 0.29) is 6.04 Å². The number of hydrogen-bond acceptors (Lipinski definition) is 3. The third-order valence-electron chi connectivity index (χ3n) is 3.59. The molecule has 0 bridgehead atoms. The number of rotatable bonds is 5. The molecule has 1 atom stereocenters. The van der Waals surface area contributed by atoms with Gasteiger partial charge in [0.05, 0.1) is 6.04 Å². The Bertz CT molecular complexity index is 408. The van der Waals surface area contributed by atoms with Gasteiger partial charge < -0.3 is 0 Å². The Balaban J connectivity index is 1.95. The second-order valence-corrected chi connectivity index (χ2v) is 6.31. The van der Waals surface area contributed by atoms with Crippen LogP contribution in [-0.4, -0.2) is 11.0 Å². The van der Waals surface area contributed by atoms with E-state index < -0.39 is 11.6 Å². The van der Waals surface area contributed by atoms with Gasteiger partial charge in [-0.2, -0.15) is 11.8 Å². The van der Waals surface area contributed by atoms with Gasteiger partial charge in [-0.25, -0.2) is 8.78 Å². The largest absolute Gasteiger partial charge is 0.271 e. The maximum Gasteiger partial charge on any atom is 0.130 e. The van der Waals surface area contributed by atoms with Gasteiger partial charge in [0.1, 0.15) is 11.6 Å². The van der Waals surface area contributed by atoms with Crippen LogP contribution >= 0.6 is 11.8 Å². The first-order valence-corrected chi connectivity index (χ1v) is 7.78. The molecule has 1 aliphatic carbocycles. The molecule has 0 heterocycles. The molecule has 0 saturated heterocycles. The lowest BCUT2D eigenvalue weighted by molar-refractivity contribution is 0.511. The summed E-state index contributed by atoms with van der Waals surface area (Å²) in [6.45, 7) is 0. The van der Waals surface area contributed by atoms with Crippen LogP contribution in [0.3, 0.4) is 0 Å². The van der Waals surface area contributed by atoms with E-state index >= 15 is 0 Å². The molecule has 2 rings (SSSR count). The molecule has 2 nitrogen and oxygen atoms in total. The van der Waals surface area contributed by atoms with Crippen LogP contribution in [-0.2, 0) is 0 Å². The van der Waals surface area contributed by atoms with Gasteiger partial charge in [0.25, 0.3) is 0 Å². The molecule has 0 radical (unpaired) electrons. The van der Waals surface area contributed by atoms with Crippen molar-refractivity contribution in [3.63, 3.8) is 0 Å². The van der Waals surface area contributed by atoms with Crippen molar-refractivity contribution in [3.05, 3.63) is 35.4 Å².